The number of fused-ring (bicyclic) bond motifs is 2. The number of nitrogens with one attached hydrogen (secondary N) is 2. The van der Waals surface area contributed by atoms with Crippen LogP contribution in [0, 0.1) is 5.92 Å². The topological polar surface area (TPSA) is 61.4 Å². The van der Waals surface area contributed by atoms with Crippen LogP contribution in [-0.2, 0) is 6.42 Å². The van der Waals surface area contributed by atoms with Crippen molar-refractivity contribution in [1.29, 1.82) is 0 Å². The number of piperidine rings is 1. The Balaban J connectivity index is 0.00000126. The molecule has 2 amide bonds. The molecule has 1 saturated heterocycles. The van der Waals surface area contributed by atoms with Crippen molar-refractivity contribution in [2.75, 3.05) is 23.7 Å². The standard InChI is InChI=1S/C26H25N3O2.C2H6/c30-25-21-8-4-5-9-22(21)27-23-11-10-20(17-24(23)28-25)26(31)29-14-12-19(13-15-29)16-18-6-2-1-3-7-18;1-2/h1-11,17,19,27H,12-16H2,(H,28,30);1-2H3. The van der Waals surface area contributed by atoms with Crippen molar-refractivity contribution in [2.24, 2.45) is 5.92 Å². The van der Waals surface area contributed by atoms with Crippen molar-refractivity contribution in [1.82, 2.24) is 4.90 Å². The molecule has 5 rings (SSSR count). The third-order valence-electron chi connectivity index (χ3n) is 6.22. The van der Waals surface area contributed by atoms with Crippen molar-refractivity contribution in [3.05, 3.63) is 89.5 Å². The van der Waals surface area contributed by atoms with Crippen LogP contribution in [0.15, 0.2) is 72.8 Å². The van der Waals surface area contributed by atoms with Crippen LogP contribution in [0.1, 0.15) is 53.0 Å². The van der Waals surface area contributed by atoms with Gasteiger partial charge in [0.25, 0.3) is 11.8 Å². The Morgan fingerprint density at radius 2 is 1.55 bits per heavy atom. The van der Waals surface area contributed by atoms with Gasteiger partial charge < -0.3 is 15.5 Å². The molecule has 33 heavy (non-hydrogen) atoms. The SMILES string of the molecule is CC.O=C1Nc2cc(C(=O)N3CCC(Cc4ccccc4)CC3)ccc2Nc2ccccc21. The van der Waals surface area contributed by atoms with E-state index in [1.165, 1.54) is 5.56 Å². The lowest BCUT2D eigenvalue weighted by molar-refractivity contribution is 0.0690. The maximum atomic E-state index is 13.1. The number of rotatable bonds is 3. The fourth-order valence-corrected chi connectivity index (χ4v) is 4.48. The van der Waals surface area contributed by atoms with E-state index in [1.54, 1.807) is 12.1 Å². The minimum atomic E-state index is -0.173. The highest BCUT2D eigenvalue weighted by molar-refractivity contribution is 6.12. The van der Waals surface area contributed by atoms with E-state index < -0.39 is 0 Å². The van der Waals surface area contributed by atoms with E-state index in [0.29, 0.717) is 22.7 Å². The molecule has 3 aromatic carbocycles. The molecular weight excluding hydrogens is 410 g/mol. The van der Waals surface area contributed by atoms with Gasteiger partial charge in [-0.05, 0) is 61.1 Å². The molecule has 0 aromatic heterocycles. The summed E-state index contributed by atoms with van der Waals surface area (Å²) < 4.78 is 0. The van der Waals surface area contributed by atoms with Gasteiger partial charge in [-0.2, -0.15) is 0 Å². The average molecular weight is 442 g/mol. The van der Waals surface area contributed by atoms with Crippen LogP contribution in [0.25, 0.3) is 0 Å². The molecule has 170 valence electrons. The average Bonchev–Trinajstić information content (AvgIpc) is 3.01. The second-order valence-corrected chi connectivity index (χ2v) is 8.31. The third-order valence-corrected chi connectivity index (χ3v) is 6.22. The number of amides is 2. The number of likely N-dealkylation sites (tertiary alicyclic amines) is 1. The highest BCUT2D eigenvalue weighted by Crippen LogP contribution is 2.33. The Morgan fingerprint density at radius 3 is 2.30 bits per heavy atom. The predicted octanol–water partition coefficient (Wildman–Crippen LogP) is 6.12. The molecule has 2 N–H and O–H groups in total. The van der Waals surface area contributed by atoms with E-state index in [2.05, 4.69) is 34.9 Å². The Bertz CT molecular complexity index is 1120. The van der Waals surface area contributed by atoms with E-state index in [0.717, 1.165) is 43.7 Å². The molecule has 3 aromatic rings. The van der Waals surface area contributed by atoms with E-state index in [4.69, 9.17) is 0 Å². The summed E-state index contributed by atoms with van der Waals surface area (Å²) in [5, 5.41) is 6.24. The lowest BCUT2D eigenvalue weighted by atomic mass is 9.90. The van der Waals surface area contributed by atoms with Crippen LogP contribution in [0.2, 0.25) is 0 Å². The van der Waals surface area contributed by atoms with Gasteiger partial charge in [-0.15, -0.1) is 0 Å². The van der Waals surface area contributed by atoms with Crippen LogP contribution in [0.4, 0.5) is 17.1 Å². The lowest BCUT2D eigenvalue weighted by Crippen LogP contribution is -2.38. The van der Waals surface area contributed by atoms with Crippen molar-refractivity contribution < 1.29 is 9.59 Å². The summed E-state index contributed by atoms with van der Waals surface area (Å²) in [6.07, 6.45) is 3.10. The first-order valence-corrected chi connectivity index (χ1v) is 11.8. The van der Waals surface area contributed by atoms with Gasteiger partial charge in [0.05, 0.1) is 22.6 Å². The van der Waals surface area contributed by atoms with Crippen molar-refractivity contribution in [3.63, 3.8) is 0 Å². The zero-order chi connectivity index (χ0) is 23.2. The fraction of sp³-hybridized carbons (Fsp3) is 0.286. The monoisotopic (exact) mass is 441 g/mol. The summed E-state index contributed by atoms with van der Waals surface area (Å²) in [4.78, 5) is 27.7. The quantitative estimate of drug-likeness (QED) is 0.515. The van der Waals surface area contributed by atoms with E-state index in [1.807, 2.05) is 55.1 Å². The number of para-hydroxylation sites is 1. The molecule has 2 aliphatic heterocycles. The highest BCUT2D eigenvalue weighted by atomic mass is 16.2. The molecule has 0 unspecified atom stereocenters. The molecule has 0 radical (unpaired) electrons. The second kappa shape index (κ2) is 10.3. The van der Waals surface area contributed by atoms with E-state index >= 15 is 0 Å². The van der Waals surface area contributed by atoms with Gasteiger partial charge in [-0.3, -0.25) is 9.59 Å². The van der Waals surface area contributed by atoms with Gasteiger partial charge in [-0.25, -0.2) is 0 Å². The van der Waals surface area contributed by atoms with Gasteiger partial charge in [0.15, 0.2) is 0 Å². The number of benzene rings is 3. The maximum Gasteiger partial charge on any atom is 0.257 e. The zero-order valence-corrected chi connectivity index (χ0v) is 19.3. The number of anilines is 3. The Kier molecular flexibility index (Phi) is 7.08. The van der Waals surface area contributed by atoms with Crippen LogP contribution < -0.4 is 10.6 Å². The number of carbonyl (C=O) groups is 2. The Morgan fingerprint density at radius 1 is 0.848 bits per heavy atom. The Hall–Kier alpha value is -3.60. The smallest absolute Gasteiger partial charge is 0.257 e. The molecule has 5 heteroatoms. The first-order chi connectivity index (χ1) is 16.2. The number of nitrogens with zero attached hydrogens (tertiary/aromatic N) is 1. The van der Waals surface area contributed by atoms with Gasteiger partial charge >= 0.3 is 0 Å². The predicted molar refractivity (Wildman–Crippen MR) is 134 cm³/mol. The number of carbonyl (C=O) groups excluding carboxylic acids is 2. The minimum Gasteiger partial charge on any atom is -0.353 e. The fourth-order valence-electron chi connectivity index (χ4n) is 4.48. The molecule has 0 spiro atoms. The van der Waals surface area contributed by atoms with E-state index in [9.17, 15) is 9.59 Å². The largest absolute Gasteiger partial charge is 0.353 e. The van der Waals surface area contributed by atoms with Gasteiger partial charge in [0.2, 0.25) is 0 Å². The summed E-state index contributed by atoms with van der Waals surface area (Å²) in [6.45, 7) is 5.53. The molecule has 5 nitrogen and oxygen atoms in total. The summed E-state index contributed by atoms with van der Waals surface area (Å²) >= 11 is 0. The molecular formula is C28H31N3O2. The number of hydrogen-bond acceptors (Lipinski definition) is 3. The Labute approximate surface area is 195 Å². The normalized spacial score (nSPS) is 15.1. The second-order valence-electron chi connectivity index (χ2n) is 8.31. The molecule has 2 heterocycles. The first kappa shape index (κ1) is 22.6. The van der Waals surface area contributed by atoms with Crippen molar-refractivity contribution in [3.8, 4) is 0 Å². The van der Waals surface area contributed by atoms with Crippen LogP contribution in [0.3, 0.4) is 0 Å². The van der Waals surface area contributed by atoms with Crippen LogP contribution in [-0.4, -0.2) is 29.8 Å². The summed E-state index contributed by atoms with van der Waals surface area (Å²) in [5.41, 5.74) is 4.74. The summed E-state index contributed by atoms with van der Waals surface area (Å²) in [7, 11) is 0. The van der Waals surface area contributed by atoms with Gasteiger partial charge in [0, 0.05) is 18.7 Å². The zero-order valence-electron chi connectivity index (χ0n) is 19.3. The van der Waals surface area contributed by atoms with Crippen LogP contribution >= 0.6 is 0 Å². The molecule has 2 aliphatic rings. The van der Waals surface area contributed by atoms with Crippen molar-refractivity contribution in [2.45, 2.75) is 33.1 Å². The molecule has 0 atom stereocenters. The number of hydrogen-bond donors (Lipinski definition) is 2. The van der Waals surface area contributed by atoms with E-state index in [-0.39, 0.29) is 11.8 Å². The van der Waals surface area contributed by atoms with Gasteiger partial charge in [-0.1, -0.05) is 56.3 Å². The molecule has 0 bridgehead atoms. The highest BCUT2D eigenvalue weighted by Gasteiger charge is 2.25. The molecule has 0 saturated carbocycles. The minimum absolute atomic E-state index is 0.0250. The van der Waals surface area contributed by atoms with Crippen LogP contribution in [0.5, 0.6) is 0 Å². The molecule has 0 aliphatic carbocycles. The maximum absolute atomic E-state index is 13.1. The van der Waals surface area contributed by atoms with Gasteiger partial charge in [0.1, 0.15) is 0 Å². The first-order valence-electron chi connectivity index (χ1n) is 11.8. The van der Waals surface area contributed by atoms with Crippen molar-refractivity contribution >= 4 is 28.9 Å². The third kappa shape index (κ3) is 5.08. The summed E-state index contributed by atoms with van der Waals surface area (Å²) in [5.74, 6) is 0.464. The molecule has 1 fully saturated rings. The summed E-state index contributed by atoms with van der Waals surface area (Å²) in [6, 6.07) is 23.4. The lowest BCUT2D eigenvalue weighted by Gasteiger charge is -2.32.